The summed E-state index contributed by atoms with van der Waals surface area (Å²) in [7, 11) is 0. The van der Waals surface area contributed by atoms with Gasteiger partial charge < -0.3 is 5.73 Å². The van der Waals surface area contributed by atoms with Crippen molar-refractivity contribution in [1.29, 1.82) is 0 Å². The fourth-order valence-electron chi connectivity index (χ4n) is 2.34. The lowest BCUT2D eigenvalue weighted by atomic mass is 9.63. The minimum Gasteiger partial charge on any atom is -0.318 e. The maximum Gasteiger partial charge on any atom is 0.185 e. The van der Waals surface area contributed by atoms with Gasteiger partial charge in [-0.2, -0.15) is 0 Å². The first-order chi connectivity index (χ1) is 8.59. The lowest BCUT2D eigenvalue weighted by molar-refractivity contribution is -0.114. The van der Waals surface area contributed by atoms with Crippen LogP contribution in [0.4, 0.5) is 0 Å². The molecule has 2 heteroatoms. The van der Waals surface area contributed by atoms with E-state index in [0.29, 0.717) is 0 Å². The first kappa shape index (κ1) is 17.2. The molecule has 2 nitrogen and oxygen atoms in total. The van der Waals surface area contributed by atoms with Crippen LogP contribution in [-0.2, 0) is 4.79 Å². The minimum absolute atomic E-state index is 0.138. The van der Waals surface area contributed by atoms with E-state index in [1.54, 1.807) is 0 Å². The average molecular weight is 277 g/mol. The molecule has 1 aliphatic rings. The Labute approximate surface area is 124 Å². The molecule has 0 radical (unpaired) electrons. The Hall–Kier alpha value is -0.890. The summed E-state index contributed by atoms with van der Waals surface area (Å²) >= 11 is 0. The first-order valence-corrected chi connectivity index (χ1v) is 7.40. The first-order valence-electron chi connectivity index (χ1n) is 7.40. The van der Waals surface area contributed by atoms with E-state index in [1.165, 1.54) is 0 Å². The predicted octanol–water partition coefficient (Wildman–Crippen LogP) is 4.26. The van der Waals surface area contributed by atoms with Crippen molar-refractivity contribution in [3.63, 3.8) is 0 Å². The molecule has 0 amide bonds. The summed E-state index contributed by atoms with van der Waals surface area (Å²) in [6.07, 6.45) is 3.98. The van der Waals surface area contributed by atoms with Gasteiger partial charge in [-0.25, -0.2) is 0 Å². The Balaban J connectivity index is 3.58. The van der Waals surface area contributed by atoms with Gasteiger partial charge in [0.25, 0.3) is 0 Å². The molecule has 0 fully saturated rings. The van der Waals surface area contributed by atoms with Crippen molar-refractivity contribution in [3.05, 3.63) is 23.3 Å². The number of Topliss-reactive ketones (excluding diaryl/α,β-unsaturated/α-hetero) is 1. The van der Waals surface area contributed by atoms with Gasteiger partial charge in [0.15, 0.2) is 5.78 Å². The molecule has 0 atom stereocenters. The van der Waals surface area contributed by atoms with Crippen molar-refractivity contribution in [2.75, 3.05) is 0 Å². The van der Waals surface area contributed by atoms with Gasteiger partial charge in [-0.3, -0.25) is 4.79 Å². The van der Waals surface area contributed by atoms with Crippen LogP contribution in [0.15, 0.2) is 23.3 Å². The van der Waals surface area contributed by atoms with Crippen LogP contribution in [0.1, 0.15) is 62.3 Å². The number of ketones is 1. The van der Waals surface area contributed by atoms with E-state index in [9.17, 15) is 4.79 Å². The second-order valence-electron chi connectivity index (χ2n) is 9.13. The zero-order chi connectivity index (χ0) is 16.1. The highest BCUT2D eigenvalue weighted by molar-refractivity contribution is 6.11. The Bertz CT molecular complexity index is 439. The average Bonchev–Trinajstić information content (AvgIpc) is 2.16. The van der Waals surface area contributed by atoms with Gasteiger partial charge in [-0.15, -0.1) is 0 Å². The molecule has 0 aliphatic heterocycles. The Morgan fingerprint density at radius 2 is 1.10 bits per heavy atom. The molecule has 20 heavy (non-hydrogen) atoms. The molecule has 0 heterocycles. The molecule has 2 N–H and O–H groups in total. The normalized spacial score (nSPS) is 20.6. The van der Waals surface area contributed by atoms with E-state index in [2.05, 4.69) is 62.3 Å². The monoisotopic (exact) mass is 277 g/mol. The van der Waals surface area contributed by atoms with Crippen molar-refractivity contribution in [2.45, 2.75) is 67.9 Å². The van der Waals surface area contributed by atoms with Crippen molar-refractivity contribution in [1.82, 2.24) is 0 Å². The lowest BCUT2D eigenvalue weighted by Crippen LogP contribution is -2.52. The van der Waals surface area contributed by atoms with Crippen LogP contribution in [0, 0.1) is 16.2 Å². The molecule has 0 saturated carbocycles. The molecule has 114 valence electrons. The van der Waals surface area contributed by atoms with Gasteiger partial charge in [-0.05, 0) is 16.2 Å². The molecule has 0 aromatic carbocycles. The Kier molecular flexibility index (Phi) is 3.91. The maximum atomic E-state index is 12.8. The number of hydrogen-bond donors (Lipinski definition) is 1. The van der Waals surface area contributed by atoms with E-state index in [-0.39, 0.29) is 22.0 Å². The molecular weight excluding hydrogens is 246 g/mol. The molecule has 0 unspecified atom stereocenters. The third-order valence-corrected chi connectivity index (χ3v) is 4.17. The minimum atomic E-state index is -0.591. The van der Waals surface area contributed by atoms with Crippen LogP contribution in [-0.4, -0.2) is 11.3 Å². The van der Waals surface area contributed by atoms with Gasteiger partial charge in [0.2, 0.25) is 0 Å². The van der Waals surface area contributed by atoms with E-state index in [0.717, 1.165) is 11.1 Å². The van der Waals surface area contributed by atoms with Crippen LogP contribution in [0.25, 0.3) is 0 Å². The van der Waals surface area contributed by atoms with Gasteiger partial charge in [0, 0.05) is 11.1 Å². The second kappa shape index (κ2) is 4.56. The number of hydrogen-bond acceptors (Lipinski definition) is 2. The van der Waals surface area contributed by atoms with E-state index in [1.807, 2.05) is 12.2 Å². The van der Waals surface area contributed by atoms with Crippen molar-refractivity contribution < 1.29 is 4.79 Å². The smallest absolute Gasteiger partial charge is 0.185 e. The largest absolute Gasteiger partial charge is 0.318 e. The fraction of sp³-hybridized carbons (Fsp3) is 0.722. The van der Waals surface area contributed by atoms with E-state index < -0.39 is 5.54 Å². The highest BCUT2D eigenvalue weighted by atomic mass is 16.1. The van der Waals surface area contributed by atoms with Crippen LogP contribution in [0.2, 0.25) is 0 Å². The molecular formula is C18H31NO. The number of rotatable bonds is 0. The van der Waals surface area contributed by atoms with Crippen LogP contribution in [0.3, 0.4) is 0 Å². The summed E-state index contributed by atoms with van der Waals surface area (Å²) in [4.78, 5) is 12.8. The van der Waals surface area contributed by atoms with Gasteiger partial charge in [0.1, 0.15) is 0 Å². The third-order valence-electron chi connectivity index (χ3n) is 4.17. The summed E-state index contributed by atoms with van der Waals surface area (Å²) in [5, 5.41) is 0. The SMILES string of the molecule is CC(C)(C)C1=CC(N)(C(C)(C)C)C=C(C(C)(C)C)C1=O. The quantitative estimate of drug-likeness (QED) is 0.719. The summed E-state index contributed by atoms with van der Waals surface area (Å²) < 4.78 is 0. The van der Waals surface area contributed by atoms with Crippen LogP contribution >= 0.6 is 0 Å². The van der Waals surface area contributed by atoms with Crippen molar-refractivity contribution in [3.8, 4) is 0 Å². The maximum absolute atomic E-state index is 12.8. The second-order valence-corrected chi connectivity index (χ2v) is 9.13. The predicted molar refractivity (Wildman–Crippen MR) is 86.5 cm³/mol. The highest BCUT2D eigenvalue weighted by Gasteiger charge is 2.44. The fourth-order valence-corrected chi connectivity index (χ4v) is 2.34. The number of nitrogens with two attached hydrogens (primary N) is 1. The standard InChI is InChI=1S/C18H31NO/c1-15(2,3)12-10-18(19,17(7,8)9)11-13(14(12)20)16(4,5)6/h10-11H,19H2,1-9H3. The molecule has 1 rings (SSSR count). The lowest BCUT2D eigenvalue weighted by Gasteiger charge is -2.44. The molecule has 0 saturated heterocycles. The topological polar surface area (TPSA) is 43.1 Å². The molecule has 0 aromatic heterocycles. The summed E-state index contributed by atoms with van der Waals surface area (Å²) in [5.74, 6) is 0.148. The van der Waals surface area contributed by atoms with Crippen molar-refractivity contribution >= 4 is 5.78 Å². The third kappa shape index (κ3) is 3.06. The zero-order valence-corrected chi connectivity index (χ0v) is 14.6. The highest BCUT2D eigenvalue weighted by Crippen LogP contribution is 2.44. The number of carbonyl (C=O) groups is 1. The Morgan fingerprint density at radius 3 is 1.30 bits per heavy atom. The molecule has 0 aromatic rings. The summed E-state index contributed by atoms with van der Waals surface area (Å²) in [6.45, 7) is 18.8. The molecule has 1 aliphatic carbocycles. The molecule has 0 bridgehead atoms. The number of carbonyl (C=O) groups excluding carboxylic acids is 1. The van der Waals surface area contributed by atoms with Gasteiger partial charge in [0.05, 0.1) is 5.54 Å². The zero-order valence-electron chi connectivity index (χ0n) is 14.6. The summed E-state index contributed by atoms with van der Waals surface area (Å²) in [5.41, 5.74) is 7.22. The van der Waals surface area contributed by atoms with E-state index in [4.69, 9.17) is 5.73 Å². The number of allylic oxidation sites excluding steroid dienone is 2. The van der Waals surface area contributed by atoms with Gasteiger partial charge >= 0.3 is 0 Å². The van der Waals surface area contributed by atoms with Crippen molar-refractivity contribution in [2.24, 2.45) is 22.0 Å². The Morgan fingerprint density at radius 1 is 0.800 bits per heavy atom. The van der Waals surface area contributed by atoms with Gasteiger partial charge in [-0.1, -0.05) is 74.5 Å². The van der Waals surface area contributed by atoms with Crippen LogP contribution in [0.5, 0.6) is 0 Å². The van der Waals surface area contributed by atoms with Crippen LogP contribution < -0.4 is 5.73 Å². The summed E-state index contributed by atoms with van der Waals surface area (Å²) in [6, 6.07) is 0. The van der Waals surface area contributed by atoms with E-state index >= 15 is 0 Å². The molecule has 0 spiro atoms.